The van der Waals surface area contributed by atoms with Crippen LogP contribution in [0.3, 0.4) is 0 Å². The van der Waals surface area contributed by atoms with Gasteiger partial charge in [-0.05, 0) is 70.8 Å². The molecule has 51 heavy (non-hydrogen) atoms. The molecule has 2 bridgehead atoms. The molecule has 1 saturated carbocycles. The Morgan fingerprint density at radius 3 is 2.06 bits per heavy atom. The molecule has 5 atom stereocenters. The molecule has 3 heterocycles. The summed E-state index contributed by atoms with van der Waals surface area (Å²) in [6.07, 6.45) is 5.30. The van der Waals surface area contributed by atoms with Gasteiger partial charge in [-0.15, -0.1) is 0 Å². The number of hydrogen-bond donors (Lipinski definition) is 1. The molecule has 5 unspecified atom stereocenters. The highest BCUT2D eigenvalue weighted by molar-refractivity contribution is 6.08. The van der Waals surface area contributed by atoms with E-state index in [-0.39, 0.29) is 5.56 Å². The quantitative estimate of drug-likeness (QED) is 0.118. The SMILES string of the molecule is COc1ccc(C(=O)OCN2C(=O)C3C4C=C(C(O)(c5ccccc5)c5ccccn5)C(C4=C(c4ccccc4)c4ccccn4)C3C2=O)cc1. The predicted octanol–water partition coefficient (Wildman–Crippen LogP) is 5.82. The molecule has 1 saturated heterocycles. The third-order valence-electron chi connectivity index (χ3n) is 10.2. The molecular formula is C42H33N3O6. The van der Waals surface area contributed by atoms with Gasteiger partial charge in [0.25, 0.3) is 0 Å². The summed E-state index contributed by atoms with van der Waals surface area (Å²) in [5.41, 5.74) is 3.28. The summed E-state index contributed by atoms with van der Waals surface area (Å²) in [6.45, 7) is -0.529. The van der Waals surface area contributed by atoms with Crippen molar-refractivity contribution in [2.75, 3.05) is 13.8 Å². The first kappa shape index (κ1) is 32.0. The van der Waals surface area contributed by atoms with Crippen molar-refractivity contribution >= 4 is 23.4 Å². The number of nitrogens with zero attached hydrogens (tertiary/aromatic N) is 3. The van der Waals surface area contributed by atoms with E-state index in [2.05, 4.69) is 4.98 Å². The second-order valence-corrected chi connectivity index (χ2v) is 12.8. The van der Waals surface area contributed by atoms with Gasteiger partial charge in [0.15, 0.2) is 12.3 Å². The van der Waals surface area contributed by atoms with Gasteiger partial charge in [-0.1, -0.05) is 78.9 Å². The number of carbonyl (C=O) groups excluding carboxylic acids is 3. The molecule has 9 heteroatoms. The van der Waals surface area contributed by atoms with Crippen molar-refractivity contribution in [3.8, 4) is 5.75 Å². The van der Waals surface area contributed by atoms with E-state index in [9.17, 15) is 19.5 Å². The highest BCUT2D eigenvalue weighted by Crippen LogP contribution is 2.64. The minimum Gasteiger partial charge on any atom is -0.497 e. The summed E-state index contributed by atoms with van der Waals surface area (Å²) in [5, 5.41) is 13.0. The molecule has 3 aliphatic rings. The Kier molecular flexibility index (Phi) is 8.12. The third-order valence-corrected chi connectivity index (χ3v) is 10.2. The lowest BCUT2D eigenvalue weighted by Gasteiger charge is -2.36. The van der Waals surface area contributed by atoms with Crippen LogP contribution in [0.5, 0.6) is 5.75 Å². The molecule has 1 aliphatic heterocycles. The number of rotatable bonds is 9. The first-order valence-corrected chi connectivity index (χ1v) is 16.7. The number of imide groups is 1. The predicted molar refractivity (Wildman–Crippen MR) is 188 cm³/mol. The van der Waals surface area contributed by atoms with Crippen molar-refractivity contribution in [2.24, 2.45) is 23.7 Å². The number of fused-ring (bicyclic) bond motifs is 5. The lowest BCUT2D eigenvalue weighted by molar-refractivity contribution is -0.144. The van der Waals surface area contributed by atoms with Crippen molar-refractivity contribution in [1.29, 1.82) is 0 Å². The molecule has 2 aromatic heterocycles. The van der Waals surface area contributed by atoms with Crippen LogP contribution in [0.2, 0.25) is 0 Å². The Balaban J connectivity index is 1.26. The monoisotopic (exact) mass is 675 g/mol. The number of amides is 2. The number of pyridine rings is 2. The Labute approximate surface area is 294 Å². The van der Waals surface area contributed by atoms with Gasteiger partial charge in [0, 0.05) is 29.8 Å². The molecule has 252 valence electrons. The number of benzene rings is 3. The normalized spacial score (nSPS) is 22.6. The van der Waals surface area contributed by atoms with Crippen LogP contribution in [-0.2, 0) is 19.9 Å². The number of carbonyl (C=O) groups is 3. The van der Waals surface area contributed by atoms with Gasteiger partial charge in [-0.2, -0.15) is 0 Å². The zero-order valence-corrected chi connectivity index (χ0v) is 27.6. The highest BCUT2D eigenvalue weighted by atomic mass is 16.5. The average Bonchev–Trinajstić information content (AvgIpc) is 3.81. The minimum absolute atomic E-state index is 0.260. The maximum absolute atomic E-state index is 14.5. The second-order valence-electron chi connectivity index (χ2n) is 12.8. The molecule has 9 nitrogen and oxygen atoms in total. The lowest BCUT2D eigenvalue weighted by atomic mass is 9.71. The Morgan fingerprint density at radius 1 is 0.765 bits per heavy atom. The molecule has 1 N–H and O–H groups in total. The Bertz CT molecular complexity index is 2090. The van der Waals surface area contributed by atoms with Crippen molar-refractivity contribution in [2.45, 2.75) is 5.60 Å². The van der Waals surface area contributed by atoms with Gasteiger partial charge in [0.1, 0.15) is 5.75 Å². The van der Waals surface area contributed by atoms with E-state index in [1.807, 2.05) is 91.0 Å². The maximum atomic E-state index is 14.5. The lowest BCUT2D eigenvalue weighted by Crippen LogP contribution is -2.39. The summed E-state index contributed by atoms with van der Waals surface area (Å²) in [6, 6.07) is 36.4. The van der Waals surface area contributed by atoms with E-state index in [4.69, 9.17) is 14.5 Å². The summed E-state index contributed by atoms with van der Waals surface area (Å²) in [5.74, 6) is -3.89. The maximum Gasteiger partial charge on any atom is 0.339 e. The van der Waals surface area contributed by atoms with Crippen LogP contribution in [0.4, 0.5) is 0 Å². The zero-order valence-electron chi connectivity index (χ0n) is 27.6. The van der Waals surface area contributed by atoms with Crippen LogP contribution < -0.4 is 4.74 Å². The van der Waals surface area contributed by atoms with E-state index in [0.717, 1.165) is 21.6 Å². The number of likely N-dealkylation sites (tertiary alicyclic amines) is 1. The van der Waals surface area contributed by atoms with Crippen molar-refractivity contribution in [3.63, 3.8) is 0 Å². The number of aliphatic hydroxyl groups is 1. The summed E-state index contributed by atoms with van der Waals surface area (Å²) >= 11 is 0. The largest absolute Gasteiger partial charge is 0.497 e. The smallest absolute Gasteiger partial charge is 0.339 e. The summed E-state index contributed by atoms with van der Waals surface area (Å²) < 4.78 is 10.7. The highest BCUT2D eigenvalue weighted by Gasteiger charge is 2.67. The molecule has 0 spiro atoms. The molecule has 2 fully saturated rings. The number of ether oxygens (including phenoxy) is 2. The van der Waals surface area contributed by atoms with Gasteiger partial charge < -0.3 is 14.6 Å². The van der Waals surface area contributed by atoms with Gasteiger partial charge in [-0.25, -0.2) is 9.69 Å². The summed E-state index contributed by atoms with van der Waals surface area (Å²) in [7, 11) is 1.53. The number of allylic oxidation sites excluding steroid dienone is 2. The fourth-order valence-electron chi connectivity index (χ4n) is 7.97. The van der Waals surface area contributed by atoms with Crippen LogP contribution in [0.1, 0.15) is 32.9 Å². The van der Waals surface area contributed by atoms with Crippen molar-refractivity contribution in [3.05, 3.63) is 179 Å². The fourth-order valence-corrected chi connectivity index (χ4v) is 7.97. The molecule has 3 aromatic carbocycles. The van der Waals surface area contributed by atoms with Crippen LogP contribution in [0.15, 0.2) is 151 Å². The Hall–Kier alpha value is -6.19. The van der Waals surface area contributed by atoms with Crippen LogP contribution >= 0.6 is 0 Å². The van der Waals surface area contributed by atoms with E-state index in [1.54, 1.807) is 48.8 Å². The summed E-state index contributed by atoms with van der Waals surface area (Å²) in [4.78, 5) is 52.2. The van der Waals surface area contributed by atoms with Crippen molar-refractivity contribution in [1.82, 2.24) is 14.9 Å². The van der Waals surface area contributed by atoms with Gasteiger partial charge in [0.2, 0.25) is 11.8 Å². The number of esters is 1. The molecule has 2 amide bonds. The van der Waals surface area contributed by atoms with E-state index < -0.39 is 53.8 Å². The topological polar surface area (TPSA) is 119 Å². The Morgan fingerprint density at radius 2 is 1.41 bits per heavy atom. The second kappa shape index (κ2) is 12.9. The first-order valence-electron chi connectivity index (χ1n) is 16.7. The molecule has 8 rings (SSSR count). The van der Waals surface area contributed by atoms with E-state index in [1.165, 1.54) is 7.11 Å². The van der Waals surface area contributed by atoms with Crippen LogP contribution in [0, 0.1) is 23.7 Å². The number of methoxy groups -OCH3 is 1. The molecule has 0 radical (unpaired) electrons. The fraction of sp³-hybridized carbons (Fsp3) is 0.167. The standard InChI is InChI=1S/C42H33N3O6/c1-50-29-20-18-27(19-21-29)41(48)51-25-45-39(46)36-30-24-31(42(49,28-14-6-3-7-15-28)33-17-9-11-23-44-33)37(38(36)40(45)47)35(30)34(26-12-4-2-5-13-26)32-16-8-10-22-43-32/h2-24,30,36-38,49H,25H2,1H3. The van der Waals surface area contributed by atoms with Gasteiger partial charge in [0.05, 0.1) is 35.9 Å². The van der Waals surface area contributed by atoms with E-state index in [0.29, 0.717) is 28.3 Å². The zero-order chi connectivity index (χ0) is 35.1. The van der Waals surface area contributed by atoms with Crippen molar-refractivity contribution < 1.29 is 29.0 Å². The number of aromatic nitrogens is 2. The molecule has 2 aliphatic carbocycles. The minimum atomic E-state index is -1.73. The molecule has 5 aromatic rings. The first-order chi connectivity index (χ1) is 24.9. The average molecular weight is 676 g/mol. The van der Waals surface area contributed by atoms with Crippen LogP contribution in [-0.4, -0.2) is 51.6 Å². The third kappa shape index (κ3) is 5.25. The van der Waals surface area contributed by atoms with E-state index >= 15 is 0 Å². The van der Waals surface area contributed by atoms with Gasteiger partial charge >= 0.3 is 5.97 Å². The molecular weight excluding hydrogens is 642 g/mol. The van der Waals surface area contributed by atoms with Crippen LogP contribution in [0.25, 0.3) is 5.57 Å². The number of hydrogen-bond acceptors (Lipinski definition) is 8. The van der Waals surface area contributed by atoms with Gasteiger partial charge in [-0.3, -0.25) is 19.6 Å².